The standard InChI is InChI=1S/C22H17BrCl2N2O3/c1-2-30-20-10-3-13(11-18(20)23)21(28)26-15-5-7-16(8-6-15)27-22(29)17-9-4-14(24)12-19(17)25/h3-12H,2H2,1H3,(H,26,28)(H,27,29). The van der Waals surface area contributed by atoms with Crippen LogP contribution in [0.25, 0.3) is 0 Å². The van der Waals surface area contributed by atoms with E-state index in [0.717, 1.165) is 0 Å². The first kappa shape index (κ1) is 22.2. The fraction of sp³-hybridized carbons (Fsp3) is 0.0909. The lowest BCUT2D eigenvalue weighted by Crippen LogP contribution is -2.13. The number of anilines is 2. The van der Waals surface area contributed by atoms with Crippen LogP contribution < -0.4 is 15.4 Å². The van der Waals surface area contributed by atoms with Crippen molar-refractivity contribution in [3.63, 3.8) is 0 Å². The highest BCUT2D eigenvalue weighted by Crippen LogP contribution is 2.27. The van der Waals surface area contributed by atoms with Crippen molar-refractivity contribution in [3.8, 4) is 5.75 Å². The van der Waals surface area contributed by atoms with Gasteiger partial charge in [-0.15, -0.1) is 0 Å². The van der Waals surface area contributed by atoms with Gasteiger partial charge in [-0.1, -0.05) is 23.2 Å². The van der Waals surface area contributed by atoms with Crippen LogP contribution >= 0.6 is 39.1 Å². The van der Waals surface area contributed by atoms with Crippen molar-refractivity contribution in [3.05, 3.63) is 86.3 Å². The van der Waals surface area contributed by atoms with Crippen molar-refractivity contribution in [1.82, 2.24) is 0 Å². The Morgan fingerprint density at radius 3 is 2.10 bits per heavy atom. The highest BCUT2D eigenvalue weighted by molar-refractivity contribution is 9.10. The number of amides is 2. The highest BCUT2D eigenvalue weighted by Gasteiger charge is 2.12. The summed E-state index contributed by atoms with van der Waals surface area (Å²) in [6, 6.07) is 16.6. The van der Waals surface area contributed by atoms with Gasteiger partial charge in [-0.25, -0.2) is 0 Å². The van der Waals surface area contributed by atoms with Gasteiger partial charge in [0.2, 0.25) is 0 Å². The van der Waals surface area contributed by atoms with Gasteiger partial charge in [0.1, 0.15) is 5.75 Å². The first-order valence-corrected chi connectivity index (χ1v) is 10.5. The zero-order valence-corrected chi connectivity index (χ0v) is 18.9. The van der Waals surface area contributed by atoms with Crippen LogP contribution in [0.3, 0.4) is 0 Å². The fourth-order valence-electron chi connectivity index (χ4n) is 2.63. The largest absolute Gasteiger partial charge is 0.493 e. The first-order valence-electron chi connectivity index (χ1n) is 8.97. The van der Waals surface area contributed by atoms with E-state index in [9.17, 15) is 9.59 Å². The molecular formula is C22H17BrCl2N2O3. The third-order valence-corrected chi connectivity index (χ3v) is 5.24. The van der Waals surface area contributed by atoms with Gasteiger partial charge in [0, 0.05) is 22.0 Å². The summed E-state index contributed by atoms with van der Waals surface area (Å²) in [5.41, 5.74) is 1.96. The Hall–Kier alpha value is -2.54. The summed E-state index contributed by atoms with van der Waals surface area (Å²) in [7, 11) is 0. The van der Waals surface area contributed by atoms with Crippen LogP contribution in [0.2, 0.25) is 10.0 Å². The number of nitrogens with one attached hydrogen (secondary N) is 2. The molecule has 0 saturated heterocycles. The molecule has 0 aliphatic rings. The van der Waals surface area contributed by atoms with Gasteiger partial charge in [0.15, 0.2) is 0 Å². The van der Waals surface area contributed by atoms with Crippen LogP contribution in [0, 0.1) is 0 Å². The van der Waals surface area contributed by atoms with Crippen molar-refractivity contribution < 1.29 is 14.3 Å². The summed E-state index contributed by atoms with van der Waals surface area (Å²) in [6.07, 6.45) is 0. The van der Waals surface area contributed by atoms with E-state index < -0.39 is 0 Å². The Morgan fingerprint density at radius 2 is 1.53 bits per heavy atom. The molecule has 3 aromatic rings. The minimum atomic E-state index is -0.354. The van der Waals surface area contributed by atoms with Crippen LogP contribution in [-0.2, 0) is 0 Å². The van der Waals surface area contributed by atoms with Gasteiger partial charge in [-0.3, -0.25) is 9.59 Å². The molecule has 0 spiro atoms. The molecule has 0 fully saturated rings. The molecule has 0 heterocycles. The van der Waals surface area contributed by atoms with Crippen LogP contribution in [0.4, 0.5) is 11.4 Å². The van der Waals surface area contributed by atoms with Gasteiger partial charge < -0.3 is 15.4 Å². The van der Waals surface area contributed by atoms with Crippen LogP contribution in [0.1, 0.15) is 27.6 Å². The van der Waals surface area contributed by atoms with Gasteiger partial charge in [0.25, 0.3) is 11.8 Å². The molecule has 5 nitrogen and oxygen atoms in total. The molecule has 2 N–H and O–H groups in total. The number of ether oxygens (including phenoxy) is 1. The molecule has 0 unspecified atom stereocenters. The molecule has 0 aliphatic carbocycles. The lowest BCUT2D eigenvalue weighted by molar-refractivity contribution is 0.101. The number of benzene rings is 3. The molecule has 0 bridgehead atoms. The van der Waals surface area contributed by atoms with Crippen LogP contribution in [0.15, 0.2) is 65.1 Å². The molecule has 0 aliphatic heterocycles. The second kappa shape index (κ2) is 9.98. The second-order valence-corrected chi connectivity index (χ2v) is 7.89. The predicted octanol–water partition coefficient (Wildman–Crippen LogP) is 6.66. The van der Waals surface area contributed by atoms with Crippen molar-refractivity contribution in [2.75, 3.05) is 17.2 Å². The summed E-state index contributed by atoms with van der Waals surface area (Å²) in [5.74, 6) is 0.0612. The Labute approximate surface area is 192 Å². The second-order valence-electron chi connectivity index (χ2n) is 6.19. The van der Waals surface area contributed by atoms with E-state index in [2.05, 4.69) is 26.6 Å². The lowest BCUT2D eigenvalue weighted by Gasteiger charge is -2.10. The topological polar surface area (TPSA) is 67.4 Å². The number of carbonyl (C=O) groups excluding carboxylic acids is 2. The molecule has 2 amide bonds. The molecule has 8 heteroatoms. The number of carbonyl (C=O) groups is 2. The fourth-order valence-corrected chi connectivity index (χ4v) is 3.61. The van der Waals surface area contributed by atoms with E-state index in [1.165, 1.54) is 6.07 Å². The summed E-state index contributed by atoms with van der Waals surface area (Å²) >= 11 is 15.3. The number of halogens is 3. The summed E-state index contributed by atoms with van der Waals surface area (Å²) in [6.45, 7) is 2.43. The van der Waals surface area contributed by atoms with Crippen LogP contribution in [-0.4, -0.2) is 18.4 Å². The van der Waals surface area contributed by atoms with E-state index in [1.54, 1.807) is 54.6 Å². The minimum absolute atomic E-state index is 0.261. The molecule has 3 rings (SSSR count). The van der Waals surface area contributed by atoms with Gasteiger partial charge in [-0.05, 0) is 83.5 Å². The average Bonchev–Trinajstić information content (AvgIpc) is 2.71. The van der Waals surface area contributed by atoms with E-state index >= 15 is 0 Å². The lowest BCUT2D eigenvalue weighted by atomic mass is 10.2. The molecule has 30 heavy (non-hydrogen) atoms. The van der Waals surface area contributed by atoms with Gasteiger partial charge >= 0.3 is 0 Å². The third kappa shape index (κ3) is 5.53. The Balaban J connectivity index is 1.65. The van der Waals surface area contributed by atoms with Crippen molar-refractivity contribution >= 4 is 62.3 Å². The first-order chi connectivity index (χ1) is 14.4. The Kier molecular flexibility index (Phi) is 7.37. The Bertz CT molecular complexity index is 1090. The zero-order valence-electron chi connectivity index (χ0n) is 15.8. The smallest absolute Gasteiger partial charge is 0.257 e. The molecule has 0 radical (unpaired) electrons. The minimum Gasteiger partial charge on any atom is -0.493 e. The van der Waals surface area contributed by atoms with Crippen molar-refractivity contribution in [1.29, 1.82) is 0 Å². The monoisotopic (exact) mass is 506 g/mol. The van der Waals surface area contributed by atoms with Gasteiger partial charge in [-0.2, -0.15) is 0 Å². The number of hydrogen-bond donors (Lipinski definition) is 2. The maximum atomic E-state index is 12.5. The van der Waals surface area contributed by atoms with Crippen molar-refractivity contribution in [2.45, 2.75) is 6.92 Å². The maximum absolute atomic E-state index is 12.5. The SMILES string of the molecule is CCOc1ccc(C(=O)Nc2ccc(NC(=O)c3ccc(Cl)cc3Cl)cc2)cc1Br. The quantitative estimate of drug-likeness (QED) is 0.392. The third-order valence-electron chi connectivity index (χ3n) is 4.07. The predicted molar refractivity (Wildman–Crippen MR) is 124 cm³/mol. The van der Waals surface area contributed by atoms with E-state index in [-0.39, 0.29) is 16.8 Å². The van der Waals surface area contributed by atoms with Crippen molar-refractivity contribution in [2.24, 2.45) is 0 Å². The summed E-state index contributed by atoms with van der Waals surface area (Å²) in [4.78, 5) is 24.9. The maximum Gasteiger partial charge on any atom is 0.257 e. The molecular weight excluding hydrogens is 491 g/mol. The zero-order chi connectivity index (χ0) is 21.7. The molecule has 0 saturated carbocycles. The molecule has 154 valence electrons. The van der Waals surface area contributed by atoms with E-state index in [4.69, 9.17) is 27.9 Å². The molecule has 0 atom stereocenters. The van der Waals surface area contributed by atoms with Crippen LogP contribution in [0.5, 0.6) is 5.75 Å². The molecule has 3 aromatic carbocycles. The number of hydrogen-bond acceptors (Lipinski definition) is 3. The molecule has 0 aromatic heterocycles. The van der Waals surface area contributed by atoms with E-state index in [1.807, 2.05) is 6.92 Å². The summed E-state index contributed by atoms with van der Waals surface area (Å²) in [5, 5.41) is 6.30. The Morgan fingerprint density at radius 1 is 0.900 bits per heavy atom. The van der Waals surface area contributed by atoms with E-state index in [0.29, 0.717) is 44.4 Å². The highest BCUT2D eigenvalue weighted by atomic mass is 79.9. The average molecular weight is 508 g/mol. The summed E-state index contributed by atoms with van der Waals surface area (Å²) < 4.78 is 6.16. The normalized spacial score (nSPS) is 10.4. The number of rotatable bonds is 6. The van der Waals surface area contributed by atoms with Gasteiger partial charge in [0.05, 0.1) is 21.7 Å².